The third-order valence-corrected chi connectivity index (χ3v) is 7.03. The van der Waals surface area contributed by atoms with Crippen LogP contribution in [-0.4, -0.2) is 71.5 Å². The number of primary amides is 1. The van der Waals surface area contributed by atoms with Crippen LogP contribution in [0.1, 0.15) is 42.5 Å². The minimum absolute atomic E-state index is 0.0687. The van der Waals surface area contributed by atoms with Crippen molar-refractivity contribution in [3.8, 4) is 11.5 Å². The number of carbonyl (C=O) groups is 3. The van der Waals surface area contributed by atoms with E-state index in [-0.39, 0.29) is 25.0 Å². The van der Waals surface area contributed by atoms with Crippen LogP contribution in [0, 0.1) is 6.92 Å². The lowest BCUT2D eigenvalue weighted by atomic mass is 10.1. The largest absolute Gasteiger partial charge is 0.454 e. The molecular weight excluding hydrogens is 472 g/mol. The first-order valence-corrected chi connectivity index (χ1v) is 12.4. The van der Waals surface area contributed by atoms with Crippen molar-refractivity contribution in [1.29, 1.82) is 0 Å². The van der Waals surface area contributed by atoms with E-state index in [0.717, 1.165) is 12.0 Å². The monoisotopic (exact) mass is 502 g/mol. The SMILES string of the molecule is Cc1c(C(N)=O)cc(C(=O)CN2CCN(C(=O)c3ccc4c(c3)OCO4)CC2)n1CCc1ccccc1. The first kappa shape index (κ1) is 24.6. The average Bonchev–Trinajstić information content (AvgIpc) is 3.52. The Morgan fingerprint density at radius 2 is 1.65 bits per heavy atom. The maximum atomic E-state index is 13.4. The molecule has 0 spiro atoms. The van der Waals surface area contributed by atoms with Crippen molar-refractivity contribution in [2.45, 2.75) is 19.9 Å². The molecule has 0 aliphatic carbocycles. The van der Waals surface area contributed by atoms with E-state index < -0.39 is 5.91 Å². The van der Waals surface area contributed by atoms with Gasteiger partial charge in [-0.2, -0.15) is 0 Å². The second-order valence-electron chi connectivity index (χ2n) is 9.34. The van der Waals surface area contributed by atoms with Gasteiger partial charge in [-0.3, -0.25) is 19.3 Å². The van der Waals surface area contributed by atoms with E-state index in [0.29, 0.717) is 66.7 Å². The fraction of sp³-hybridized carbons (Fsp3) is 0.321. The van der Waals surface area contributed by atoms with Crippen LogP contribution >= 0.6 is 0 Å². The Kier molecular flexibility index (Phi) is 6.96. The summed E-state index contributed by atoms with van der Waals surface area (Å²) in [5.41, 5.74) is 8.85. The molecule has 0 unspecified atom stereocenters. The summed E-state index contributed by atoms with van der Waals surface area (Å²) >= 11 is 0. The molecule has 0 bridgehead atoms. The number of ketones is 1. The molecule has 0 radical (unpaired) electrons. The highest BCUT2D eigenvalue weighted by molar-refractivity contribution is 6.01. The molecule has 37 heavy (non-hydrogen) atoms. The van der Waals surface area contributed by atoms with Crippen molar-refractivity contribution < 1.29 is 23.9 Å². The van der Waals surface area contributed by atoms with Gasteiger partial charge in [-0.25, -0.2) is 0 Å². The number of carbonyl (C=O) groups excluding carboxylic acids is 3. The summed E-state index contributed by atoms with van der Waals surface area (Å²) in [6.07, 6.45) is 0.732. The molecule has 2 amide bonds. The lowest BCUT2D eigenvalue weighted by Crippen LogP contribution is -2.50. The standard InChI is InChI=1S/C28H30N4O5/c1-19-22(27(29)34)16-23(32(19)10-9-20-5-3-2-4-6-20)24(33)17-30-11-13-31(14-12-30)28(35)21-7-8-25-26(15-21)37-18-36-25/h2-8,15-16H,9-14,17-18H2,1H3,(H2,29,34). The number of hydrogen-bond donors (Lipinski definition) is 1. The smallest absolute Gasteiger partial charge is 0.254 e. The highest BCUT2D eigenvalue weighted by Crippen LogP contribution is 2.33. The summed E-state index contributed by atoms with van der Waals surface area (Å²) < 4.78 is 12.6. The summed E-state index contributed by atoms with van der Waals surface area (Å²) in [6.45, 7) is 4.95. The lowest BCUT2D eigenvalue weighted by Gasteiger charge is -2.34. The fourth-order valence-corrected chi connectivity index (χ4v) is 4.90. The number of fused-ring (bicyclic) bond motifs is 1. The highest BCUT2D eigenvalue weighted by atomic mass is 16.7. The molecule has 5 rings (SSSR count). The van der Waals surface area contributed by atoms with Gasteiger partial charge in [0, 0.05) is 44.0 Å². The summed E-state index contributed by atoms with van der Waals surface area (Å²) in [5, 5.41) is 0. The van der Waals surface area contributed by atoms with Crippen LogP contribution in [-0.2, 0) is 13.0 Å². The van der Waals surface area contributed by atoms with Gasteiger partial charge in [0.05, 0.1) is 17.8 Å². The molecule has 1 aromatic heterocycles. The molecule has 2 aromatic carbocycles. The van der Waals surface area contributed by atoms with Crippen LogP contribution in [0.2, 0.25) is 0 Å². The number of amides is 2. The van der Waals surface area contributed by atoms with Gasteiger partial charge in [-0.05, 0) is 43.2 Å². The normalized spacial score (nSPS) is 15.1. The van der Waals surface area contributed by atoms with Gasteiger partial charge in [0.1, 0.15) is 0 Å². The lowest BCUT2D eigenvalue weighted by molar-refractivity contribution is 0.0622. The highest BCUT2D eigenvalue weighted by Gasteiger charge is 2.27. The minimum Gasteiger partial charge on any atom is -0.454 e. The van der Waals surface area contributed by atoms with E-state index in [9.17, 15) is 14.4 Å². The van der Waals surface area contributed by atoms with Crippen molar-refractivity contribution in [1.82, 2.24) is 14.4 Å². The summed E-state index contributed by atoms with van der Waals surface area (Å²) in [7, 11) is 0. The number of nitrogens with two attached hydrogens (primary N) is 1. The third kappa shape index (κ3) is 5.22. The maximum Gasteiger partial charge on any atom is 0.254 e. The van der Waals surface area contributed by atoms with E-state index in [1.165, 1.54) is 0 Å². The van der Waals surface area contributed by atoms with E-state index in [1.807, 2.05) is 46.7 Å². The van der Waals surface area contributed by atoms with Gasteiger partial charge in [-0.15, -0.1) is 0 Å². The van der Waals surface area contributed by atoms with Crippen LogP contribution in [0.15, 0.2) is 54.6 Å². The Balaban J connectivity index is 1.22. The number of hydrogen-bond acceptors (Lipinski definition) is 6. The molecule has 2 aliphatic rings. The second kappa shape index (κ2) is 10.5. The Morgan fingerprint density at radius 1 is 0.919 bits per heavy atom. The molecule has 2 N–H and O–H groups in total. The first-order chi connectivity index (χ1) is 17.9. The Labute approximate surface area is 215 Å². The number of nitrogens with zero attached hydrogens (tertiary/aromatic N) is 3. The second-order valence-corrected chi connectivity index (χ2v) is 9.34. The van der Waals surface area contributed by atoms with Gasteiger partial charge in [-0.1, -0.05) is 30.3 Å². The number of benzene rings is 2. The Morgan fingerprint density at radius 3 is 2.38 bits per heavy atom. The predicted molar refractivity (Wildman–Crippen MR) is 137 cm³/mol. The quantitative estimate of drug-likeness (QED) is 0.475. The van der Waals surface area contributed by atoms with Crippen molar-refractivity contribution in [2.75, 3.05) is 39.5 Å². The predicted octanol–water partition coefficient (Wildman–Crippen LogP) is 2.51. The Bertz CT molecular complexity index is 1330. The summed E-state index contributed by atoms with van der Waals surface area (Å²) in [4.78, 5) is 42.2. The van der Waals surface area contributed by atoms with Crippen molar-refractivity contribution >= 4 is 17.6 Å². The van der Waals surface area contributed by atoms with Crippen molar-refractivity contribution in [3.05, 3.63) is 82.7 Å². The average molecular weight is 503 g/mol. The number of aryl methyl sites for hydroxylation is 1. The number of Topliss-reactive ketones (excluding diaryl/α,β-unsaturated/α-hetero) is 1. The molecule has 3 heterocycles. The number of piperazine rings is 1. The fourth-order valence-electron chi connectivity index (χ4n) is 4.90. The molecular formula is C28H30N4O5. The summed E-state index contributed by atoms with van der Waals surface area (Å²) in [5.74, 6) is 0.541. The molecule has 3 aromatic rings. The molecule has 1 fully saturated rings. The number of rotatable bonds is 8. The van der Waals surface area contributed by atoms with Crippen molar-refractivity contribution in [3.63, 3.8) is 0 Å². The van der Waals surface area contributed by atoms with Crippen molar-refractivity contribution in [2.24, 2.45) is 5.73 Å². The zero-order valence-corrected chi connectivity index (χ0v) is 20.8. The van der Waals surface area contributed by atoms with E-state index >= 15 is 0 Å². The van der Waals surface area contributed by atoms with E-state index in [1.54, 1.807) is 29.2 Å². The summed E-state index contributed by atoms with van der Waals surface area (Å²) in [6, 6.07) is 16.8. The van der Waals surface area contributed by atoms with E-state index in [4.69, 9.17) is 15.2 Å². The van der Waals surface area contributed by atoms with Gasteiger partial charge in [0.25, 0.3) is 11.8 Å². The molecule has 2 aliphatic heterocycles. The van der Waals surface area contributed by atoms with Crippen LogP contribution in [0.5, 0.6) is 11.5 Å². The topological polar surface area (TPSA) is 107 Å². The molecule has 1 saturated heterocycles. The Hall–Kier alpha value is -4.11. The maximum absolute atomic E-state index is 13.4. The van der Waals surface area contributed by atoms with Crippen LogP contribution in [0.25, 0.3) is 0 Å². The number of ether oxygens (including phenoxy) is 2. The molecule has 9 heteroatoms. The van der Waals surface area contributed by atoms with Gasteiger partial charge < -0.3 is 24.7 Å². The first-order valence-electron chi connectivity index (χ1n) is 12.4. The van der Waals surface area contributed by atoms with Crippen LogP contribution in [0.3, 0.4) is 0 Å². The molecule has 192 valence electrons. The third-order valence-electron chi connectivity index (χ3n) is 7.03. The molecule has 9 nitrogen and oxygen atoms in total. The molecule has 0 atom stereocenters. The van der Waals surface area contributed by atoms with Crippen LogP contribution < -0.4 is 15.2 Å². The van der Waals surface area contributed by atoms with Gasteiger partial charge in [0.15, 0.2) is 17.3 Å². The number of aromatic nitrogens is 1. The minimum atomic E-state index is -0.541. The van der Waals surface area contributed by atoms with Crippen LogP contribution in [0.4, 0.5) is 0 Å². The zero-order chi connectivity index (χ0) is 25.9. The van der Waals surface area contributed by atoms with Gasteiger partial charge in [0.2, 0.25) is 6.79 Å². The molecule has 0 saturated carbocycles. The van der Waals surface area contributed by atoms with Gasteiger partial charge >= 0.3 is 0 Å². The zero-order valence-electron chi connectivity index (χ0n) is 20.8. The van der Waals surface area contributed by atoms with E-state index in [2.05, 4.69) is 0 Å².